The van der Waals surface area contributed by atoms with Gasteiger partial charge in [-0.3, -0.25) is 14.5 Å². The summed E-state index contributed by atoms with van der Waals surface area (Å²) in [5.41, 5.74) is 1.95. The molecule has 2 heterocycles. The first-order valence-electron chi connectivity index (χ1n) is 9.76. The number of fused-ring (bicyclic) bond motifs is 1. The van der Waals surface area contributed by atoms with Gasteiger partial charge in [-0.25, -0.2) is 0 Å². The first kappa shape index (κ1) is 18.9. The summed E-state index contributed by atoms with van der Waals surface area (Å²) in [6.45, 7) is 8.69. The van der Waals surface area contributed by atoms with Crippen molar-refractivity contribution >= 4 is 17.5 Å². The molecular weight excluding hydrogens is 326 g/mol. The van der Waals surface area contributed by atoms with E-state index < -0.39 is 0 Å². The fraction of sp³-hybridized carbons (Fsp3) is 0.619. The van der Waals surface area contributed by atoms with Crippen LogP contribution in [0.1, 0.15) is 45.6 Å². The van der Waals surface area contributed by atoms with E-state index in [0.717, 1.165) is 51.0 Å². The van der Waals surface area contributed by atoms with Crippen molar-refractivity contribution < 1.29 is 9.59 Å². The van der Waals surface area contributed by atoms with Gasteiger partial charge in [-0.2, -0.15) is 0 Å². The Labute approximate surface area is 156 Å². The van der Waals surface area contributed by atoms with Gasteiger partial charge in [0, 0.05) is 30.2 Å². The van der Waals surface area contributed by atoms with E-state index in [-0.39, 0.29) is 23.3 Å². The number of hydrogen-bond donors (Lipinski definition) is 1. The molecule has 1 saturated heterocycles. The number of rotatable bonds is 3. The molecule has 3 rings (SSSR count). The van der Waals surface area contributed by atoms with Crippen LogP contribution in [-0.2, 0) is 16.0 Å². The minimum absolute atomic E-state index is 0.0839. The normalized spacial score (nSPS) is 21.2. The number of anilines is 1. The van der Waals surface area contributed by atoms with Gasteiger partial charge in [0.2, 0.25) is 11.8 Å². The molecule has 0 bridgehead atoms. The van der Waals surface area contributed by atoms with Gasteiger partial charge in [0.15, 0.2) is 0 Å². The lowest BCUT2D eigenvalue weighted by Gasteiger charge is -2.36. The topological polar surface area (TPSA) is 52.7 Å². The van der Waals surface area contributed by atoms with Crippen molar-refractivity contribution in [1.29, 1.82) is 0 Å². The summed E-state index contributed by atoms with van der Waals surface area (Å²) >= 11 is 0. The molecule has 5 heteroatoms. The monoisotopic (exact) mass is 357 g/mol. The van der Waals surface area contributed by atoms with Crippen LogP contribution in [0.25, 0.3) is 0 Å². The van der Waals surface area contributed by atoms with Crippen molar-refractivity contribution in [1.82, 2.24) is 10.2 Å². The molecule has 1 unspecified atom stereocenters. The highest BCUT2D eigenvalue weighted by Crippen LogP contribution is 2.27. The van der Waals surface area contributed by atoms with Crippen LogP contribution >= 0.6 is 0 Å². The van der Waals surface area contributed by atoms with Gasteiger partial charge in [-0.1, -0.05) is 39.0 Å². The summed E-state index contributed by atoms with van der Waals surface area (Å²) in [4.78, 5) is 29.3. The van der Waals surface area contributed by atoms with Crippen LogP contribution in [0, 0.1) is 5.41 Å². The van der Waals surface area contributed by atoms with Gasteiger partial charge in [-0.15, -0.1) is 0 Å². The van der Waals surface area contributed by atoms with Crippen molar-refractivity contribution in [3.8, 4) is 0 Å². The molecule has 0 aromatic heterocycles. The summed E-state index contributed by atoms with van der Waals surface area (Å²) in [5, 5.41) is 3.15. The summed E-state index contributed by atoms with van der Waals surface area (Å²) < 4.78 is 0. The summed E-state index contributed by atoms with van der Waals surface area (Å²) in [6, 6.07) is 8.35. The Hall–Kier alpha value is -1.88. The van der Waals surface area contributed by atoms with E-state index in [1.807, 2.05) is 37.8 Å². The number of nitrogens with zero attached hydrogens (tertiary/aromatic N) is 2. The second kappa shape index (κ2) is 7.78. The zero-order valence-electron chi connectivity index (χ0n) is 16.3. The molecule has 1 aromatic carbocycles. The third kappa shape index (κ3) is 4.44. The molecule has 0 saturated carbocycles. The summed E-state index contributed by atoms with van der Waals surface area (Å²) in [7, 11) is 0. The number of hydrogen-bond acceptors (Lipinski definition) is 3. The minimum Gasteiger partial charge on any atom is -0.352 e. The Bertz CT molecular complexity index is 665. The molecule has 0 radical (unpaired) electrons. The zero-order chi connectivity index (χ0) is 18.7. The molecule has 1 atom stereocenters. The maximum absolute atomic E-state index is 12.9. The van der Waals surface area contributed by atoms with Gasteiger partial charge >= 0.3 is 0 Å². The number of nitrogens with one attached hydrogen (secondary N) is 1. The molecule has 2 aliphatic heterocycles. The number of aryl methyl sites for hydroxylation is 1. The predicted molar refractivity (Wildman–Crippen MR) is 104 cm³/mol. The molecular formula is C21H31N3O2. The van der Waals surface area contributed by atoms with Crippen molar-refractivity contribution in [2.75, 3.05) is 31.1 Å². The van der Waals surface area contributed by atoms with Gasteiger partial charge in [0.05, 0.1) is 6.54 Å². The molecule has 1 N–H and O–H groups in total. The number of benzene rings is 1. The van der Waals surface area contributed by atoms with Crippen LogP contribution in [0.4, 0.5) is 5.69 Å². The Kier molecular flexibility index (Phi) is 5.66. The van der Waals surface area contributed by atoms with Crippen LogP contribution in [0.5, 0.6) is 0 Å². The van der Waals surface area contributed by atoms with Crippen LogP contribution in [0.15, 0.2) is 24.3 Å². The van der Waals surface area contributed by atoms with Gasteiger partial charge in [0.25, 0.3) is 0 Å². The molecule has 1 fully saturated rings. The minimum atomic E-state index is -0.379. The van der Waals surface area contributed by atoms with Gasteiger partial charge in [0.1, 0.15) is 0 Å². The molecule has 142 valence electrons. The lowest BCUT2D eigenvalue weighted by atomic mass is 9.94. The zero-order valence-corrected chi connectivity index (χ0v) is 16.3. The van der Waals surface area contributed by atoms with E-state index in [0.29, 0.717) is 6.54 Å². The highest BCUT2D eigenvalue weighted by atomic mass is 16.2. The van der Waals surface area contributed by atoms with Gasteiger partial charge < -0.3 is 10.2 Å². The van der Waals surface area contributed by atoms with Crippen molar-refractivity contribution in [3.63, 3.8) is 0 Å². The molecule has 0 aliphatic carbocycles. The van der Waals surface area contributed by atoms with Crippen molar-refractivity contribution in [2.24, 2.45) is 5.41 Å². The van der Waals surface area contributed by atoms with Gasteiger partial charge in [-0.05, 0) is 43.9 Å². The maximum Gasteiger partial charge on any atom is 0.241 e. The van der Waals surface area contributed by atoms with E-state index >= 15 is 0 Å². The van der Waals surface area contributed by atoms with E-state index in [2.05, 4.69) is 22.3 Å². The Morgan fingerprint density at radius 3 is 2.69 bits per heavy atom. The maximum atomic E-state index is 12.9. The third-order valence-corrected chi connectivity index (χ3v) is 5.29. The lowest BCUT2D eigenvalue weighted by Crippen LogP contribution is -2.52. The molecule has 5 nitrogen and oxygen atoms in total. The SMILES string of the molecule is CC(C)(C)C(=O)NC1CCCN(CC(=O)N2CCCc3ccccc32)C1. The fourth-order valence-electron chi connectivity index (χ4n) is 3.79. The summed E-state index contributed by atoms with van der Waals surface area (Å²) in [5.74, 6) is 0.251. The molecule has 1 aromatic rings. The van der Waals surface area contributed by atoms with Crippen LogP contribution in [0.3, 0.4) is 0 Å². The molecule has 2 amide bonds. The number of para-hydroxylation sites is 1. The fourth-order valence-corrected chi connectivity index (χ4v) is 3.79. The largest absolute Gasteiger partial charge is 0.352 e. The van der Waals surface area contributed by atoms with E-state index in [1.54, 1.807) is 0 Å². The second-order valence-corrected chi connectivity index (χ2v) is 8.58. The van der Waals surface area contributed by atoms with Crippen LogP contribution < -0.4 is 10.2 Å². The third-order valence-electron chi connectivity index (χ3n) is 5.29. The molecule has 26 heavy (non-hydrogen) atoms. The first-order valence-corrected chi connectivity index (χ1v) is 9.76. The highest BCUT2D eigenvalue weighted by Gasteiger charge is 2.29. The Balaban J connectivity index is 1.59. The quantitative estimate of drug-likeness (QED) is 0.905. The smallest absolute Gasteiger partial charge is 0.241 e. The Morgan fingerprint density at radius 1 is 1.15 bits per heavy atom. The molecule has 2 aliphatic rings. The Morgan fingerprint density at radius 2 is 1.92 bits per heavy atom. The van der Waals surface area contributed by atoms with Crippen LogP contribution in [-0.4, -0.2) is 48.9 Å². The standard InChI is InChI=1S/C21H31N3O2/c1-21(2,3)20(26)22-17-10-7-12-23(14-17)15-19(25)24-13-6-9-16-8-4-5-11-18(16)24/h4-5,8,11,17H,6-7,9-10,12-15H2,1-3H3,(H,22,26). The van der Waals surface area contributed by atoms with E-state index in [1.165, 1.54) is 5.56 Å². The van der Waals surface area contributed by atoms with Crippen molar-refractivity contribution in [3.05, 3.63) is 29.8 Å². The molecule has 0 spiro atoms. The second-order valence-electron chi connectivity index (χ2n) is 8.58. The number of piperidine rings is 1. The number of amides is 2. The number of carbonyl (C=O) groups is 2. The number of carbonyl (C=O) groups excluding carboxylic acids is 2. The van der Waals surface area contributed by atoms with Crippen molar-refractivity contribution in [2.45, 2.75) is 52.5 Å². The summed E-state index contributed by atoms with van der Waals surface area (Å²) in [6.07, 6.45) is 4.07. The van der Waals surface area contributed by atoms with E-state index in [4.69, 9.17) is 0 Å². The van der Waals surface area contributed by atoms with Crippen LogP contribution in [0.2, 0.25) is 0 Å². The highest BCUT2D eigenvalue weighted by molar-refractivity contribution is 5.96. The average molecular weight is 357 g/mol. The lowest BCUT2D eigenvalue weighted by molar-refractivity contribution is -0.129. The predicted octanol–water partition coefficient (Wildman–Crippen LogP) is 2.59. The number of likely N-dealkylation sites (tertiary alicyclic amines) is 1. The first-order chi connectivity index (χ1) is 12.3. The van der Waals surface area contributed by atoms with E-state index in [9.17, 15) is 9.59 Å². The average Bonchev–Trinajstić information content (AvgIpc) is 2.60.